The second kappa shape index (κ2) is 5.46. The minimum atomic E-state index is -0.0703. The van der Waals surface area contributed by atoms with Crippen LogP contribution in [-0.4, -0.2) is 47.6 Å². The summed E-state index contributed by atoms with van der Waals surface area (Å²) >= 11 is 0. The molecule has 1 aromatic heterocycles. The van der Waals surface area contributed by atoms with Crippen molar-refractivity contribution >= 4 is 16.9 Å². The lowest BCUT2D eigenvalue weighted by Crippen LogP contribution is -2.47. The van der Waals surface area contributed by atoms with Gasteiger partial charge in [0.1, 0.15) is 0 Å². The molecule has 104 valence electrons. The molecule has 2 aromatic rings. The van der Waals surface area contributed by atoms with Gasteiger partial charge in [0, 0.05) is 32.7 Å². The fourth-order valence-electron chi connectivity index (χ4n) is 2.55. The molecule has 0 bridgehead atoms. The summed E-state index contributed by atoms with van der Waals surface area (Å²) in [6.07, 6.45) is 1.92. The standard InChI is InChI=1S/C15H18N4O/c1-2-7-18-8-10-19(11-9-18)15-16-13-6-4-3-5-12(13)14(20)17-15/h2-6H,1,7-11H2,(H,16,17,20). The first kappa shape index (κ1) is 12.9. The average Bonchev–Trinajstić information content (AvgIpc) is 2.48. The van der Waals surface area contributed by atoms with E-state index in [0.29, 0.717) is 11.3 Å². The van der Waals surface area contributed by atoms with Gasteiger partial charge in [-0.3, -0.25) is 14.7 Å². The van der Waals surface area contributed by atoms with Gasteiger partial charge in [-0.25, -0.2) is 4.98 Å². The van der Waals surface area contributed by atoms with E-state index < -0.39 is 0 Å². The molecule has 0 spiro atoms. The molecule has 5 heteroatoms. The zero-order valence-electron chi connectivity index (χ0n) is 11.4. The second-order valence-electron chi connectivity index (χ2n) is 4.98. The summed E-state index contributed by atoms with van der Waals surface area (Å²) in [6, 6.07) is 7.43. The van der Waals surface area contributed by atoms with Crippen molar-refractivity contribution in [2.75, 3.05) is 37.6 Å². The van der Waals surface area contributed by atoms with Crippen molar-refractivity contribution in [2.24, 2.45) is 0 Å². The third-order valence-electron chi connectivity index (χ3n) is 3.66. The summed E-state index contributed by atoms with van der Waals surface area (Å²) in [7, 11) is 0. The Morgan fingerprint density at radius 1 is 1.25 bits per heavy atom. The Kier molecular flexibility index (Phi) is 3.52. The maximum absolute atomic E-state index is 12.1. The fraction of sp³-hybridized carbons (Fsp3) is 0.333. The summed E-state index contributed by atoms with van der Waals surface area (Å²) in [5, 5.41) is 0.640. The van der Waals surface area contributed by atoms with Crippen LogP contribution >= 0.6 is 0 Å². The van der Waals surface area contributed by atoms with E-state index >= 15 is 0 Å². The molecular weight excluding hydrogens is 252 g/mol. The average molecular weight is 270 g/mol. The lowest BCUT2D eigenvalue weighted by Gasteiger charge is -2.34. The highest BCUT2D eigenvalue weighted by Gasteiger charge is 2.18. The predicted octanol–water partition coefficient (Wildman–Crippen LogP) is 1.23. The molecule has 0 atom stereocenters. The van der Waals surface area contributed by atoms with Gasteiger partial charge in [0.2, 0.25) is 5.95 Å². The molecule has 0 radical (unpaired) electrons. The lowest BCUT2D eigenvalue weighted by atomic mass is 10.2. The molecule has 1 fully saturated rings. The monoisotopic (exact) mass is 270 g/mol. The van der Waals surface area contributed by atoms with Crippen molar-refractivity contribution in [1.82, 2.24) is 14.9 Å². The van der Waals surface area contributed by atoms with Crippen LogP contribution < -0.4 is 10.5 Å². The number of hydrogen-bond acceptors (Lipinski definition) is 4. The minimum absolute atomic E-state index is 0.0703. The Morgan fingerprint density at radius 3 is 2.75 bits per heavy atom. The maximum atomic E-state index is 12.1. The number of aromatic amines is 1. The highest BCUT2D eigenvalue weighted by atomic mass is 16.1. The SMILES string of the molecule is C=CCN1CCN(c2nc3ccccc3c(=O)[nH]2)CC1. The number of para-hydroxylation sites is 1. The van der Waals surface area contributed by atoms with Crippen molar-refractivity contribution in [1.29, 1.82) is 0 Å². The second-order valence-corrected chi connectivity index (χ2v) is 4.98. The molecule has 1 aliphatic heterocycles. The number of hydrogen-bond donors (Lipinski definition) is 1. The number of benzene rings is 1. The largest absolute Gasteiger partial charge is 0.340 e. The molecule has 1 saturated heterocycles. The van der Waals surface area contributed by atoms with Crippen molar-refractivity contribution in [3.8, 4) is 0 Å². The van der Waals surface area contributed by atoms with Gasteiger partial charge in [0.05, 0.1) is 10.9 Å². The van der Waals surface area contributed by atoms with Crippen molar-refractivity contribution in [2.45, 2.75) is 0 Å². The third kappa shape index (κ3) is 2.44. The number of H-pyrrole nitrogens is 1. The smallest absolute Gasteiger partial charge is 0.260 e. The van der Waals surface area contributed by atoms with E-state index in [1.165, 1.54) is 0 Å². The van der Waals surface area contributed by atoms with Gasteiger partial charge in [-0.2, -0.15) is 0 Å². The maximum Gasteiger partial charge on any atom is 0.260 e. The number of nitrogens with one attached hydrogen (secondary N) is 1. The van der Waals surface area contributed by atoms with Crippen LogP contribution in [0.5, 0.6) is 0 Å². The summed E-state index contributed by atoms with van der Waals surface area (Å²) in [5.74, 6) is 0.673. The zero-order chi connectivity index (χ0) is 13.9. The molecule has 1 N–H and O–H groups in total. The van der Waals surface area contributed by atoms with E-state index in [0.717, 1.165) is 38.2 Å². The molecule has 20 heavy (non-hydrogen) atoms. The van der Waals surface area contributed by atoms with Crippen LogP contribution in [0.15, 0.2) is 41.7 Å². The molecule has 3 rings (SSSR count). The Bertz CT molecular complexity index is 671. The molecule has 2 heterocycles. The van der Waals surface area contributed by atoms with Crippen molar-refractivity contribution in [3.05, 3.63) is 47.3 Å². The van der Waals surface area contributed by atoms with Crippen LogP contribution in [0.1, 0.15) is 0 Å². The highest BCUT2D eigenvalue weighted by molar-refractivity contribution is 5.78. The first-order valence-electron chi connectivity index (χ1n) is 6.85. The van der Waals surface area contributed by atoms with E-state index in [1.807, 2.05) is 24.3 Å². The summed E-state index contributed by atoms with van der Waals surface area (Å²) in [5.41, 5.74) is 0.680. The van der Waals surface area contributed by atoms with E-state index in [4.69, 9.17) is 0 Å². The van der Waals surface area contributed by atoms with Gasteiger partial charge in [-0.05, 0) is 12.1 Å². The Labute approximate surface area is 117 Å². The van der Waals surface area contributed by atoms with Gasteiger partial charge in [0.15, 0.2) is 0 Å². The van der Waals surface area contributed by atoms with Gasteiger partial charge in [-0.15, -0.1) is 6.58 Å². The highest BCUT2D eigenvalue weighted by Crippen LogP contribution is 2.13. The molecule has 1 aliphatic rings. The summed E-state index contributed by atoms with van der Waals surface area (Å²) in [4.78, 5) is 24.0. The first-order valence-corrected chi connectivity index (χ1v) is 6.85. The third-order valence-corrected chi connectivity index (χ3v) is 3.66. The van der Waals surface area contributed by atoms with E-state index in [-0.39, 0.29) is 5.56 Å². The predicted molar refractivity (Wildman–Crippen MR) is 81.2 cm³/mol. The van der Waals surface area contributed by atoms with Gasteiger partial charge < -0.3 is 4.90 Å². The molecular formula is C15H18N4O. The number of rotatable bonds is 3. The topological polar surface area (TPSA) is 52.2 Å². The van der Waals surface area contributed by atoms with E-state index in [9.17, 15) is 4.79 Å². The van der Waals surface area contributed by atoms with Crippen LogP contribution in [0.2, 0.25) is 0 Å². The minimum Gasteiger partial charge on any atom is -0.340 e. The Balaban J connectivity index is 1.85. The number of aromatic nitrogens is 2. The molecule has 0 saturated carbocycles. The van der Waals surface area contributed by atoms with Gasteiger partial charge in [0.25, 0.3) is 5.56 Å². The molecule has 5 nitrogen and oxygen atoms in total. The molecule has 0 aliphatic carbocycles. The summed E-state index contributed by atoms with van der Waals surface area (Å²) in [6.45, 7) is 8.34. The molecule has 0 amide bonds. The van der Waals surface area contributed by atoms with E-state index in [2.05, 4.69) is 26.3 Å². The zero-order valence-corrected chi connectivity index (χ0v) is 11.4. The number of nitrogens with zero attached hydrogens (tertiary/aromatic N) is 3. The lowest BCUT2D eigenvalue weighted by molar-refractivity contribution is 0.283. The van der Waals surface area contributed by atoms with E-state index in [1.54, 1.807) is 6.07 Å². The van der Waals surface area contributed by atoms with Crippen LogP contribution in [0, 0.1) is 0 Å². The normalized spacial score (nSPS) is 16.5. The van der Waals surface area contributed by atoms with Crippen LogP contribution in [0.25, 0.3) is 10.9 Å². The molecule has 1 aromatic carbocycles. The van der Waals surface area contributed by atoms with Crippen LogP contribution in [0.3, 0.4) is 0 Å². The van der Waals surface area contributed by atoms with Gasteiger partial charge in [-0.1, -0.05) is 18.2 Å². The summed E-state index contributed by atoms with van der Waals surface area (Å²) < 4.78 is 0. The first-order chi connectivity index (χ1) is 9.78. The van der Waals surface area contributed by atoms with Crippen molar-refractivity contribution < 1.29 is 0 Å². The number of anilines is 1. The quantitative estimate of drug-likeness (QED) is 0.852. The van der Waals surface area contributed by atoms with Crippen LogP contribution in [-0.2, 0) is 0 Å². The number of fused-ring (bicyclic) bond motifs is 1. The molecule has 0 unspecified atom stereocenters. The fourth-order valence-corrected chi connectivity index (χ4v) is 2.55. The Morgan fingerprint density at radius 2 is 2.00 bits per heavy atom. The van der Waals surface area contributed by atoms with Crippen molar-refractivity contribution in [3.63, 3.8) is 0 Å². The van der Waals surface area contributed by atoms with Gasteiger partial charge >= 0.3 is 0 Å². The number of piperazine rings is 1. The van der Waals surface area contributed by atoms with Crippen LogP contribution in [0.4, 0.5) is 5.95 Å². The Hall–Kier alpha value is -2.14.